The molecule has 1 aliphatic heterocycles. The van der Waals surface area contributed by atoms with Crippen molar-refractivity contribution in [1.82, 2.24) is 0 Å². The van der Waals surface area contributed by atoms with Gasteiger partial charge >= 0.3 is 0 Å². The van der Waals surface area contributed by atoms with Gasteiger partial charge in [-0.1, -0.05) is 30.3 Å². The molecule has 0 bridgehead atoms. The molecular formula is C21H25NO4. The number of aliphatic hydroxyl groups excluding tert-OH is 1. The minimum absolute atomic E-state index is 0.149. The summed E-state index contributed by atoms with van der Waals surface area (Å²) in [6, 6.07) is 15.5. The SMILES string of the molecule is CC(=O)Nc1ccc2c(c1)[C@@H](OCCc1ccccc1)[C@H](O)C(C)(C)O2. The Morgan fingerprint density at radius 2 is 1.96 bits per heavy atom. The van der Waals surface area contributed by atoms with Crippen LogP contribution in [0.3, 0.4) is 0 Å². The molecule has 2 aromatic rings. The monoisotopic (exact) mass is 355 g/mol. The number of fused-ring (bicyclic) bond motifs is 1. The minimum Gasteiger partial charge on any atom is -0.485 e. The molecule has 0 saturated heterocycles. The van der Waals surface area contributed by atoms with Crippen molar-refractivity contribution in [3.05, 3.63) is 59.7 Å². The highest BCUT2D eigenvalue weighted by Gasteiger charge is 2.43. The molecule has 0 spiro atoms. The molecule has 0 saturated carbocycles. The molecule has 1 heterocycles. The summed E-state index contributed by atoms with van der Waals surface area (Å²) in [5.74, 6) is 0.517. The van der Waals surface area contributed by atoms with Crippen LogP contribution in [0.15, 0.2) is 48.5 Å². The third kappa shape index (κ3) is 4.06. The van der Waals surface area contributed by atoms with Crippen LogP contribution in [0, 0.1) is 0 Å². The van der Waals surface area contributed by atoms with Gasteiger partial charge in [0.2, 0.25) is 5.91 Å². The number of hydrogen-bond donors (Lipinski definition) is 2. The molecule has 2 N–H and O–H groups in total. The number of amides is 1. The Bertz CT molecular complexity index is 773. The van der Waals surface area contributed by atoms with Crippen molar-refractivity contribution in [2.24, 2.45) is 0 Å². The van der Waals surface area contributed by atoms with Crippen molar-refractivity contribution in [3.8, 4) is 5.75 Å². The van der Waals surface area contributed by atoms with Crippen LogP contribution < -0.4 is 10.1 Å². The minimum atomic E-state index is -0.821. The van der Waals surface area contributed by atoms with Gasteiger partial charge in [-0.05, 0) is 44.0 Å². The molecular weight excluding hydrogens is 330 g/mol. The Kier molecular flexibility index (Phi) is 5.30. The molecule has 2 aromatic carbocycles. The van der Waals surface area contributed by atoms with Gasteiger partial charge in [0.05, 0.1) is 6.61 Å². The Morgan fingerprint density at radius 1 is 1.23 bits per heavy atom. The molecule has 5 nitrogen and oxygen atoms in total. The van der Waals surface area contributed by atoms with E-state index in [0.717, 1.165) is 12.0 Å². The van der Waals surface area contributed by atoms with E-state index in [0.29, 0.717) is 18.0 Å². The van der Waals surface area contributed by atoms with Crippen molar-refractivity contribution in [2.45, 2.75) is 45.0 Å². The van der Waals surface area contributed by atoms with Crippen LogP contribution in [0.1, 0.15) is 38.0 Å². The van der Waals surface area contributed by atoms with E-state index in [9.17, 15) is 9.90 Å². The molecule has 138 valence electrons. The highest BCUT2D eigenvalue weighted by molar-refractivity contribution is 5.88. The van der Waals surface area contributed by atoms with Crippen molar-refractivity contribution in [1.29, 1.82) is 0 Å². The zero-order chi connectivity index (χ0) is 18.7. The molecule has 0 fully saturated rings. The van der Waals surface area contributed by atoms with Crippen molar-refractivity contribution < 1.29 is 19.4 Å². The van der Waals surface area contributed by atoms with Gasteiger partial charge in [-0.25, -0.2) is 0 Å². The first-order valence-electron chi connectivity index (χ1n) is 8.81. The second kappa shape index (κ2) is 7.48. The lowest BCUT2D eigenvalue weighted by Gasteiger charge is -2.42. The average molecular weight is 355 g/mol. The van der Waals surface area contributed by atoms with Crippen LogP contribution >= 0.6 is 0 Å². The average Bonchev–Trinajstić information content (AvgIpc) is 2.59. The van der Waals surface area contributed by atoms with E-state index in [1.54, 1.807) is 6.07 Å². The normalized spacial score (nSPS) is 20.8. The second-order valence-electron chi connectivity index (χ2n) is 7.11. The molecule has 2 atom stereocenters. The van der Waals surface area contributed by atoms with Crippen molar-refractivity contribution in [2.75, 3.05) is 11.9 Å². The molecule has 1 aliphatic rings. The van der Waals surface area contributed by atoms with E-state index < -0.39 is 17.8 Å². The lowest BCUT2D eigenvalue weighted by Crippen LogP contribution is -2.49. The van der Waals surface area contributed by atoms with Gasteiger partial charge in [0.25, 0.3) is 0 Å². The summed E-state index contributed by atoms with van der Waals surface area (Å²) >= 11 is 0. The zero-order valence-electron chi connectivity index (χ0n) is 15.4. The first-order valence-corrected chi connectivity index (χ1v) is 8.81. The van der Waals surface area contributed by atoms with Crippen LogP contribution in [0.5, 0.6) is 5.75 Å². The summed E-state index contributed by atoms with van der Waals surface area (Å²) in [5, 5.41) is 13.5. The summed E-state index contributed by atoms with van der Waals surface area (Å²) < 4.78 is 12.0. The molecule has 5 heteroatoms. The number of ether oxygens (including phenoxy) is 2. The predicted octanol–water partition coefficient (Wildman–Crippen LogP) is 3.48. The van der Waals surface area contributed by atoms with E-state index in [-0.39, 0.29) is 5.91 Å². The Labute approximate surface area is 153 Å². The number of rotatable bonds is 5. The van der Waals surface area contributed by atoms with Gasteiger partial charge in [0.15, 0.2) is 0 Å². The number of carbonyl (C=O) groups is 1. The summed E-state index contributed by atoms with van der Waals surface area (Å²) in [7, 11) is 0. The molecule has 0 aromatic heterocycles. The predicted molar refractivity (Wildman–Crippen MR) is 100 cm³/mol. The third-order valence-corrected chi connectivity index (χ3v) is 4.54. The molecule has 26 heavy (non-hydrogen) atoms. The van der Waals surface area contributed by atoms with Gasteiger partial charge in [0, 0.05) is 18.2 Å². The molecule has 3 rings (SSSR count). The van der Waals surface area contributed by atoms with Gasteiger partial charge in [-0.3, -0.25) is 4.79 Å². The first-order chi connectivity index (χ1) is 12.4. The fourth-order valence-electron chi connectivity index (χ4n) is 3.15. The summed E-state index contributed by atoms with van der Waals surface area (Å²) in [6.45, 7) is 5.62. The Balaban J connectivity index is 1.81. The standard InChI is InChI=1S/C21H25NO4/c1-14(23)22-16-9-10-18-17(13-16)19(20(24)21(2,3)26-18)25-12-11-15-7-5-4-6-8-15/h4-10,13,19-20,24H,11-12H2,1-3H3,(H,22,23)/t19-,20+/m1/s1. The van der Waals surface area contributed by atoms with E-state index in [4.69, 9.17) is 9.47 Å². The van der Waals surface area contributed by atoms with Crippen molar-refractivity contribution >= 4 is 11.6 Å². The lowest BCUT2D eigenvalue weighted by molar-refractivity contribution is -0.134. The second-order valence-corrected chi connectivity index (χ2v) is 7.11. The summed E-state index contributed by atoms with van der Waals surface area (Å²) in [4.78, 5) is 11.3. The van der Waals surface area contributed by atoms with Gasteiger partial charge in [0.1, 0.15) is 23.6 Å². The zero-order valence-corrected chi connectivity index (χ0v) is 15.4. The smallest absolute Gasteiger partial charge is 0.221 e. The van der Waals surface area contributed by atoms with E-state index in [2.05, 4.69) is 17.4 Å². The quantitative estimate of drug-likeness (QED) is 0.862. The summed E-state index contributed by atoms with van der Waals surface area (Å²) in [5.41, 5.74) is 1.82. The lowest BCUT2D eigenvalue weighted by atomic mass is 9.88. The van der Waals surface area contributed by atoms with Crippen molar-refractivity contribution in [3.63, 3.8) is 0 Å². The number of aliphatic hydroxyl groups is 1. The molecule has 1 amide bonds. The maximum absolute atomic E-state index is 11.3. The van der Waals surface area contributed by atoms with Crippen LogP contribution in [-0.2, 0) is 16.0 Å². The number of nitrogens with one attached hydrogen (secondary N) is 1. The first kappa shape index (κ1) is 18.4. The Morgan fingerprint density at radius 3 is 2.65 bits per heavy atom. The van der Waals surface area contributed by atoms with Crippen LogP contribution in [0.2, 0.25) is 0 Å². The summed E-state index contributed by atoms with van der Waals surface area (Å²) in [6.07, 6.45) is -0.587. The maximum Gasteiger partial charge on any atom is 0.221 e. The van der Waals surface area contributed by atoms with Gasteiger partial charge in [-0.2, -0.15) is 0 Å². The van der Waals surface area contributed by atoms with Crippen LogP contribution in [-0.4, -0.2) is 29.3 Å². The fraction of sp³-hybridized carbons (Fsp3) is 0.381. The largest absolute Gasteiger partial charge is 0.485 e. The molecule has 0 aliphatic carbocycles. The number of benzene rings is 2. The van der Waals surface area contributed by atoms with E-state index in [1.807, 2.05) is 44.2 Å². The number of anilines is 1. The maximum atomic E-state index is 11.3. The highest BCUT2D eigenvalue weighted by Crippen LogP contribution is 2.42. The molecule has 0 unspecified atom stereocenters. The number of carbonyl (C=O) groups excluding carboxylic acids is 1. The highest BCUT2D eigenvalue weighted by atomic mass is 16.5. The van der Waals surface area contributed by atoms with Crippen LogP contribution in [0.25, 0.3) is 0 Å². The van der Waals surface area contributed by atoms with E-state index in [1.165, 1.54) is 12.5 Å². The van der Waals surface area contributed by atoms with Crippen LogP contribution in [0.4, 0.5) is 5.69 Å². The Hall–Kier alpha value is -2.37. The molecule has 0 radical (unpaired) electrons. The van der Waals surface area contributed by atoms with Gasteiger partial charge < -0.3 is 19.9 Å². The fourth-order valence-corrected chi connectivity index (χ4v) is 3.15. The van der Waals surface area contributed by atoms with E-state index >= 15 is 0 Å². The van der Waals surface area contributed by atoms with Gasteiger partial charge in [-0.15, -0.1) is 0 Å². The topological polar surface area (TPSA) is 67.8 Å². The third-order valence-electron chi connectivity index (χ3n) is 4.54. The number of hydrogen-bond acceptors (Lipinski definition) is 4.